The van der Waals surface area contributed by atoms with Crippen LogP contribution in [0.1, 0.15) is 21.6 Å². The predicted octanol–water partition coefficient (Wildman–Crippen LogP) is 2.19. The van der Waals surface area contributed by atoms with Crippen molar-refractivity contribution in [2.75, 3.05) is 14.2 Å². The number of nitrogens with zero attached hydrogens (tertiary/aromatic N) is 3. The number of aryl methyl sites for hydroxylation is 1. The molecule has 0 unspecified atom stereocenters. The van der Waals surface area contributed by atoms with Crippen molar-refractivity contribution < 1.29 is 22.8 Å². The van der Waals surface area contributed by atoms with E-state index in [-0.39, 0.29) is 11.3 Å². The van der Waals surface area contributed by atoms with Gasteiger partial charge in [-0.1, -0.05) is 6.07 Å². The summed E-state index contributed by atoms with van der Waals surface area (Å²) in [6.45, 7) is 1.44. The Bertz CT molecular complexity index is 831. The van der Waals surface area contributed by atoms with Crippen LogP contribution in [0.3, 0.4) is 0 Å². The number of amides is 1. The summed E-state index contributed by atoms with van der Waals surface area (Å²) in [7, 11) is 2.53. The van der Waals surface area contributed by atoms with Gasteiger partial charge in [-0.2, -0.15) is 18.3 Å². The van der Waals surface area contributed by atoms with Crippen molar-refractivity contribution in [3.8, 4) is 5.69 Å². The molecule has 1 amide bonds. The monoisotopic (exact) mass is 341 g/mol. The standard InChI is InChI=1S/C15H14F3N3O3/c1-9-8-21(11-6-4-5-10(7-11)15(16,17)18)19-12(13(9)22)14(23)20(2)24-3/h4-8H,1-3H3. The molecular weight excluding hydrogens is 327 g/mol. The van der Waals surface area contributed by atoms with Crippen LogP contribution in [0.2, 0.25) is 0 Å². The first-order valence-electron chi connectivity index (χ1n) is 6.75. The number of benzene rings is 1. The molecule has 0 aliphatic rings. The van der Waals surface area contributed by atoms with Crippen molar-refractivity contribution in [3.63, 3.8) is 0 Å². The Morgan fingerprint density at radius 2 is 2.00 bits per heavy atom. The summed E-state index contributed by atoms with van der Waals surface area (Å²) in [6.07, 6.45) is -3.25. The number of hydrogen-bond donors (Lipinski definition) is 0. The van der Waals surface area contributed by atoms with Gasteiger partial charge in [-0.25, -0.2) is 9.75 Å². The SMILES string of the molecule is CON(C)C(=O)c1nn(-c2cccc(C(F)(F)F)c2)cc(C)c1=O. The second-order valence-electron chi connectivity index (χ2n) is 4.97. The van der Waals surface area contributed by atoms with Gasteiger partial charge in [0.05, 0.1) is 18.4 Å². The molecule has 2 aromatic rings. The summed E-state index contributed by atoms with van der Waals surface area (Å²) in [6, 6.07) is 4.41. The molecule has 0 atom stereocenters. The van der Waals surface area contributed by atoms with Gasteiger partial charge in [0.25, 0.3) is 0 Å². The zero-order valence-corrected chi connectivity index (χ0v) is 13.1. The number of carbonyl (C=O) groups is 1. The molecule has 1 aromatic heterocycles. The number of hydrogen-bond acceptors (Lipinski definition) is 4. The highest BCUT2D eigenvalue weighted by molar-refractivity contribution is 5.91. The van der Waals surface area contributed by atoms with Gasteiger partial charge in [-0.15, -0.1) is 0 Å². The van der Waals surface area contributed by atoms with Crippen molar-refractivity contribution in [1.29, 1.82) is 0 Å². The van der Waals surface area contributed by atoms with E-state index in [1.165, 1.54) is 39.4 Å². The third-order valence-corrected chi connectivity index (χ3v) is 3.30. The first-order chi connectivity index (χ1) is 11.1. The molecule has 0 aliphatic heterocycles. The largest absolute Gasteiger partial charge is 0.416 e. The molecule has 9 heteroatoms. The van der Waals surface area contributed by atoms with E-state index in [2.05, 4.69) is 5.10 Å². The van der Waals surface area contributed by atoms with Crippen LogP contribution in [0, 0.1) is 6.92 Å². The summed E-state index contributed by atoms with van der Waals surface area (Å²) in [5, 5.41) is 4.67. The summed E-state index contributed by atoms with van der Waals surface area (Å²) in [5.41, 5.74) is -1.69. The topological polar surface area (TPSA) is 64.4 Å². The van der Waals surface area contributed by atoms with Gasteiger partial charge in [0, 0.05) is 18.8 Å². The van der Waals surface area contributed by atoms with Crippen LogP contribution >= 0.6 is 0 Å². The fourth-order valence-electron chi connectivity index (χ4n) is 1.94. The number of halogens is 3. The molecule has 1 aromatic carbocycles. The Kier molecular flexibility index (Phi) is 4.74. The first-order valence-corrected chi connectivity index (χ1v) is 6.75. The number of aromatic nitrogens is 2. The summed E-state index contributed by atoms with van der Waals surface area (Å²) >= 11 is 0. The van der Waals surface area contributed by atoms with Crippen LogP contribution in [0.5, 0.6) is 0 Å². The van der Waals surface area contributed by atoms with E-state index < -0.39 is 28.8 Å². The number of hydroxylamine groups is 2. The van der Waals surface area contributed by atoms with Gasteiger partial charge >= 0.3 is 12.1 Å². The van der Waals surface area contributed by atoms with Crippen LogP contribution in [-0.4, -0.2) is 34.9 Å². The highest BCUT2D eigenvalue weighted by Gasteiger charge is 2.30. The van der Waals surface area contributed by atoms with Gasteiger partial charge in [0.1, 0.15) is 0 Å². The van der Waals surface area contributed by atoms with E-state index in [4.69, 9.17) is 4.84 Å². The lowest BCUT2D eigenvalue weighted by atomic mass is 10.2. The Balaban J connectivity index is 2.59. The van der Waals surface area contributed by atoms with E-state index in [9.17, 15) is 22.8 Å². The van der Waals surface area contributed by atoms with Crippen LogP contribution < -0.4 is 5.43 Å². The van der Waals surface area contributed by atoms with Crippen LogP contribution in [0.15, 0.2) is 35.3 Å². The molecule has 0 saturated carbocycles. The van der Waals surface area contributed by atoms with Crippen molar-refractivity contribution in [2.45, 2.75) is 13.1 Å². The third kappa shape index (κ3) is 3.46. The van der Waals surface area contributed by atoms with Crippen LogP contribution in [0.4, 0.5) is 13.2 Å². The normalized spacial score (nSPS) is 11.4. The molecule has 0 N–H and O–H groups in total. The zero-order valence-electron chi connectivity index (χ0n) is 13.1. The number of rotatable bonds is 3. The van der Waals surface area contributed by atoms with Crippen LogP contribution in [-0.2, 0) is 11.0 Å². The minimum Gasteiger partial charge on any atom is -0.287 e. The van der Waals surface area contributed by atoms with Gasteiger partial charge in [0.15, 0.2) is 5.69 Å². The maximum absolute atomic E-state index is 12.8. The van der Waals surface area contributed by atoms with Crippen molar-refractivity contribution >= 4 is 5.91 Å². The molecule has 2 rings (SSSR count). The average molecular weight is 341 g/mol. The molecule has 0 radical (unpaired) electrons. The van der Waals surface area contributed by atoms with E-state index in [1.807, 2.05) is 0 Å². The zero-order chi connectivity index (χ0) is 18.1. The fraction of sp³-hybridized carbons (Fsp3) is 0.267. The molecular formula is C15H14F3N3O3. The van der Waals surface area contributed by atoms with Crippen molar-refractivity contribution in [1.82, 2.24) is 14.8 Å². The van der Waals surface area contributed by atoms with Gasteiger partial charge in [-0.05, 0) is 25.1 Å². The molecule has 0 saturated heterocycles. The van der Waals surface area contributed by atoms with Crippen LogP contribution in [0.25, 0.3) is 5.69 Å². The molecule has 0 spiro atoms. The summed E-state index contributed by atoms with van der Waals surface area (Å²) < 4.78 is 39.5. The predicted molar refractivity (Wildman–Crippen MR) is 78.7 cm³/mol. The van der Waals surface area contributed by atoms with Gasteiger partial charge < -0.3 is 0 Å². The maximum atomic E-state index is 12.8. The Hall–Kier alpha value is -2.68. The Labute approximate surface area is 135 Å². The fourth-order valence-corrected chi connectivity index (χ4v) is 1.94. The maximum Gasteiger partial charge on any atom is 0.416 e. The van der Waals surface area contributed by atoms with Gasteiger partial charge in [-0.3, -0.25) is 14.4 Å². The van der Waals surface area contributed by atoms with E-state index >= 15 is 0 Å². The van der Waals surface area contributed by atoms with Gasteiger partial charge in [0.2, 0.25) is 5.43 Å². The smallest absolute Gasteiger partial charge is 0.287 e. The molecule has 24 heavy (non-hydrogen) atoms. The van der Waals surface area contributed by atoms with E-state index in [0.29, 0.717) is 0 Å². The minimum atomic E-state index is -4.51. The third-order valence-electron chi connectivity index (χ3n) is 3.30. The second kappa shape index (κ2) is 6.44. The summed E-state index contributed by atoms with van der Waals surface area (Å²) in [4.78, 5) is 28.9. The number of carbonyl (C=O) groups excluding carboxylic acids is 1. The lowest BCUT2D eigenvalue weighted by Crippen LogP contribution is -2.33. The molecule has 0 aliphatic carbocycles. The quantitative estimate of drug-likeness (QED) is 0.803. The Morgan fingerprint density at radius 3 is 2.58 bits per heavy atom. The summed E-state index contributed by atoms with van der Waals surface area (Å²) in [5.74, 6) is -0.799. The van der Waals surface area contributed by atoms with Crippen molar-refractivity contribution in [2.24, 2.45) is 0 Å². The van der Waals surface area contributed by atoms with Crippen molar-refractivity contribution in [3.05, 3.63) is 57.5 Å². The number of alkyl halides is 3. The molecule has 0 fully saturated rings. The average Bonchev–Trinajstić information content (AvgIpc) is 2.55. The highest BCUT2D eigenvalue weighted by atomic mass is 19.4. The highest BCUT2D eigenvalue weighted by Crippen LogP contribution is 2.30. The molecule has 6 nitrogen and oxygen atoms in total. The Morgan fingerprint density at radius 1 is 1.33 bits per heavy atom. The first kappa shape index (κ1) is 17.7. The van der Waals surface area contributed by atoms with E-state index in [1.54, 1.807) is 0 Å². The molecule has 0 bridgehead atoms. The second-order valence-corrected chi connectivity index (χ2v) is 4.97. The minimum absolute atomic E-state index is 0.0713. The lowest BCUT2D eigenvalue weighted by Gasteiger charge is -2.15. The lowest BCUT2D eigenvalue weighted by molar-refractivity contribution is -0.137. The van der Waals surface area contributed by atoms with E-state index in [0.717, 1.165) is 21.9 Å². The molecule has 1 heterocycles. The molecule has 128 valence electrons.